The zero-order valence-electron chi connectivity index (χ0n) is 9.14. The summed E-state index contributed by atoms with van der Waals surface area (Å²) in [5.41, 5.74) is 7.04. The van der Waals surface area contributed by atoms with Crippen molar-refractivity contribution in [1.82, 2.24) is 0 Å². The second kappa shape index (κ2) is 3.71. The van der Waals surface area contributed by atoms with Crippen molar-refractivity contribution in [2.75, 3.05) is 6.73 Å². The zero-order valence-corrected chi connectivity index (χ0v) is 9.14. The molecule has 1 aliphatic carbocycles. The summed E-state index contributed by atoms with van der Waals surface area (Å²) in [4.78, 5) is 12.0. The molecule has 0 radical (unpaired) electrons. The maximum Gasteiger partial charge on any atom is 0.190 e. The van der Waals surface area contributed by atoms with E-state index in [0.29, 0.717) is 5.76 Å². The maximum atomic E-state index is 12.0. The average molecular weight is 225 g/mol. The van der Waals surface area contributed by atoms with Crippen molar-refractivity contribution in [3.63, 3.8) is 0 Å². The average Bonchev–Trinajstić information content (AvgIpc) is 2.35. The summed E-state index contributed by atoms with van der Waals surface area (Å²) in [7, 11) is 0. The Labute approximate surface area is 98.5 Å². The van der Waals surface area contributed by atoms with Crippen LogP contribution >= 0.6 is 0 Å². The van der Waals surface area contributed by atoms with Gasteiger partial charge in [0.2, 0.25) is 0 Å². The van der Waals surface area contributed by atoms with E-state index in [1.54, 1.807) is 0 Å². The molecule has 2 aromatic rings. The predicted molar refractivity (Wildman–Crippen MR) is 66.4 cm³/mol. The van der Waals surface area contributed by atoms with Crippen LogP contribution in [0.2, 0.25) is 0 Å². The molecule has 0 heterocycles. The first-order chi connectivity index (χ1) is 8.31. The van der Waals surface area contributed by atoms with E-state index in [4.69, 9.17) is 10.5 Å². The topological polar surface area (TPSA) is 52.3 Å². The Balaban J connectivity index is 2.36. The lowest BCUT2D eigenvalue weighted by molar-refractivity contribution is 0.104. The number of nitrogens with two attached hydrogens (primary N) is 1. The molecule has 3 nitrogen and oxygen atoms in total. The molecular weight excluding hydrogens is 214 g/mol. The molecule has 0 saturated heterocycles. The van der Waals surface area contributed by atoms with Crippen LogP contribution in [0.25, 0.3) is 16.5 Å². The number of carbonyl (C=O) groups is 1. The maximum absolute atomic E-state index is 12.0. The van der Waals surface area contributed by atoms with Gasteiger partial charge >= 0.3 is 0 Å². The number of hydrogen-bond donors (Lipinski definition) is 1. The lowest BCUT2D eigenvalue weighted by Gasteiger charge is -2.17. The molecule has 2 aromatic carbocycles. The summed E-state index contributed by atoms with van der Waals surface area (Å²) < 4.78 is 5.32. The lowest BCUT2D eigenvalue weighted by atomic mass is 9.91. The van der Waals surface area contributed by atoms with Gasteiger partial charge in [0.15, 0.2) is 5.78 Å². The number of carbonyl (C=O) groups excluding carboxylic acids is 1. The van der Waals surface area contributed by atoms with Gasteiger partial charge in [0, 0.05) is 22.6 Å². The molecule has 0 aromatic heterocycles. The highest BCUT2D eigenvalue weighted by atomic mass is 16.5. The molecule has 0 spiro atoms. The minimum absolute atomic E-state index is 0.0299. The lowest BCUT2D eigenvalue weighted by Crippen LogP contribution is -2.10. The van der Waals surface area contributed by atoms with Gasteiger partial charge in [-0.1, -0.05) is 36.4 Å². The first-order valence-corrected chi connectivity index (χ1v) is 5.42. The van der Waals surface area contributed by atoms with E-state index < -0.39 is 0 Å². The highest BCUT2D eigenvalue weighted by Crippen LogP contribution is 2.33. The smallest absolute Gasteiger partial charge is 0.190 e. The predicted octanol–water partition coefficient (Wildman–Crippen LogP) is 2.31. The number of ether oxygens (including phenoxy) is 1. The van der Waals surface area contributed by atoms with Crippen LogP contribution in [-0.2, 0) is 4.74 Å². The number of hydrogen-bond acceptors (Lipinski definition) is 3. The van der Waals surface area contributed by atoms with Crippen molar-refractivity contribution in [2.24, 2.45) is 5.73 Å². The van der Waals surface area contributed by atoms with Gasteiger partial charge in [-0.05, 0) is 5.39 Å². The molecule has 0 aliphatic heterocycles. The van der Waals surface area contributed by atoms with Gasteiger partial charge in [0.1, 0.15) is 12.5 Å². The second-order valence-electron chi connectivity index (χ2n) is 3.89. The van der Waals surface area contributed by atoms with Crippen molar-refractivity contribution >= 4 is 22.3 Å². The third-order valence-electron chi connectivity index (χ3n) is 2.94. The Hall–Kier alpha value is -2.13. The van der Waals surface area contributed by atoms with Crippen LogP contribution in [-0.4, -0.2) is 12.5 Å². The zero-order chi connectivity index (χ0) is 11.8. The molecule has 0 saturated carbocycles. The fraction of sp³-hybridized carbons (Fsp3) is 0.0714. The van der Waals surface area contributed by atoms with E-state index in [1.807, 2.05) is 36.4 Å². The van der Waals surface area contributed by atoms with Crippen molar-refractivity contribution in [1.29, 1.82) is 0 Å². The van der Waals surface area contributed by atoms with E-state index in [1.165, 1.54) is 6.08 Å². The standard InChI is InChI=1S/C14H11NO2/c15-8-17-13-7-12(16)10-5-1-3-9-4-2-6-11(13)14(9)10/h1-7H,8,15H2. The van der Waals surface area contributed by atoms with Crippen LogP contribution in [0.5, 0.6) is 0 Å². The van der Waals surface area contributed by atoms with Gasteiger partial charge in [0.25, 0.3) is 0 Å². The SMILES string of the molecule is NCOC1=CC(=O)c2cccc3cccc1c23. The minimum atomic E-state index is -0.0299. The van der Waals surface area contributed by atoms with Crippen LogP contribution in [0.1, 0.15) is 15.9 Å². The third kappa shape index (κ3) is 1.44. The van der Waals surface area contributed by atoms with E-state index in [9.17, 15) is 4.79 Å². The fourth-order valence-electron chi connectivity index (χ4n) is 2.24. The van der Waals surface area contributed by atoms with Crippen LogP contribution in [0.3, 0.4) is 0 Å². The van der Waals surface area contributed by atoms with E-state index in [-0.39, 0.29) is 12.5 Å². The van der Waals surface area contributed by atoms with Crippen LogP contribution in [0.4, 0.5) is 0 Å². The van der Waals surface area contributed by atoms with Crippen molar-refractivity contribution < 1.29 is 9.53 Å². The van der Waals surface area contributed by atoms with Crippen molar-refractivity contribution in [2.45, 2.75) is 0 Å². The van der Waals surface area contributed by atoms with Crippen molar-refractivity contribution in [3.05, 3.63) is 53.6 Å². The van der Waals surface area contributed by atoms with E-state index >= 15 is 0 Å². The summed E-state index contributed by atoms with van der Waals surface area (Å²) in [5, 5.41) is 1.99. The molecule has 3 rings (SSSR count). The van der Waals surface area contributed by atoms with Crippen molar-refractivity contribution in [3.8, 4) is 0 Å². The normalized spacial score (nSPS) is 13.7. The highest BCUT2D eigenvalue weighted by Gasteiger charge is 2.20. The molecule has 1 aliphatic rings. The van der Waals surface area contributed by atoms with Gasteiger partial charge in [-0.2, -0.15) is 0 Å². The van der Waals surface area contributed by atoms with Crippen LogP contribution < -0.4 is 5.73 Å². The van der Waals surface area contributed by atoms with Crippen LogP contribution in [0, 0.1) is 0 Å². The fourth-order valence-corrected chi connectivity index (χ4v) is 2.24. The quantitative estimate of drug-likeness (QED) is 0.798. The first kappa shape index (κ1) is 10.1. The monoisotopic (exact) mass is 225 g/mol. The molecular formula is C14H11NO2. The van der Waals surface area contributed by atoms with Gasteiger partial charge < -0.3 is 4.74 Å². The summed E-state index contributed by atoms with van der Waals surface area (Å²) in [5.74, 6) is 0.527. The number of rotatable bonds is 2. The molecule has 0 bridgehead atoms. The van der Waals surface area contributed by atoms with Gasteiger partial charge in [0.05, 0.1) is 0 Å². The largest absolute Gasteiger partial charge is 0.478 e. The summed E-state index contributed by atoms with van der Waals surface area (Å²) in [6.45, 7) is 0.0671. The molecule has 3 heteroatoms. The Kier molecular flexibility index (Phi) is 2.20. The van der Waals surface area contributed by atoms with Crippen LogP contribution in [0.15, 0.2) is 42.5 Å². The van der Waals surface area contributed by atoms with E-state index in [0.717, 1.165) is 21.9 Å². The number of benzene rings is 2. The molecule has 0 fully saturated rings. The Morgan fingerprint density at radius 3 is 2.47 bits per heavy atom. The molecule has 2 N–H and O–H groups in total. The second-order valence-corrected chi connectivity index (χ2v) is 3.89. The molecule has 0 unspecified atom stereocenters. The minimum Gasteiger partial charge on any atom is -0.478 e. The molecule has 84 valence electrons. The Bertz CT molecular complexity index is 638. The van der Waals surface area contributed by atoms with E-state index in [2.05, 4.69) is 0 Å². The number of ketones is 1. The molecule has 0 atom stereocenters. The highest BCUT2D eigenvalue weighted by molar-refractivity contribution is 6.21. The Morgan fingerprint density at radius 2 is 1.76 bits per heavy atom. The van der Waals surface area contributed by atoms with Gasteiger partial charge in [-0.3, -0.25) is 10.5 Å². The number of allylic oxidation sites excluding steroid dienone is 1. The third-order valence-corrected chi connectivity index (χ3v) is 2.94. The molecule has 17 heavy (non-hydrogen) atoms. The summed E-state index contributed by atoms with van der Waals surface area (Å²) >= 11 is 0. The summed E-state index contributed by atoms with van der Waals surface area (Å²) in [6.07, 6.45) is 1.50. The Morgan fingerprint density at radius 1 is 1.06 bits per heavy atom. The molecule has 0 amide bonds. The first-order valence-electron chi connectivity index (χ1n) is 5.42. The van der Waals surface area contributed by atoms with Gasteiger partial charge in [-0.15, -0.1) is 0 Å². The van der Waals surface area contributed by atoms with Gasteiger partial charge in [-0.25, -0.2) is 0 Å². The summed E-state index contributed by atoms with van der Waals surface area (Å²) in [6, 6.07) is 11.6.